The number of carbonyl (C=O) groups excluding carboxylic acids is 1. The van der Waals surface area contributed by atoms with E-state index in [1.54, 1.807) is 0 Å². The molecule has 0 aliphatic rings. The molecular formula is C25H33N5O2. The van der Waals surface area contributed by atoms with E-state index >= 15 is 0 Å². The zero-order valence-electron chi connectivity index (χ0n) is 18.9. The van der Waals surface area contributed by atoms with E-state index in [1.807, 2.05) is 66.1 Å². The number of para-hydroxylation sites is 2. The minimum atomic E-state index is -0.215. The number of aromatic nitrogens is 2. The molecule has 0 saturated carbocycles. The van der Waals surface area contributed by atoms with Crippen molar-refractivity contribution in [3.63, 3.8) is 0 Å². The summed E-state index contributed by atoms with van der Waals surface area (Å²) in [7, 11) is 0. The summed E-state index contributed by atoms with van der Waals surface area (Å²) in [6, 6.07) is 17.3. The molecular weight excluding hydrogens is 402 g/mol. The molecule has 170 valence electrons. The highest BCUT2D eigenvalue weighted by atomic mass is 16.5. The zero-order valence-corrected chi connectivity index (χ0v) is 18.9. The second-order valence-electron chi connectivity index (χ2n) is 7.71. The monoisotopic (exact) mass is 435 g/mol. The number of hydrogen-bond donors (Lipinski definition) is 3. The van der Waals surface area contributed by atoms with Gasteiger partial charge in [-0.05, 0) is 31.9 Å². The Hall–Kier alpha value is -3.48. The molecule has 1 aromatic heterocycles. The van der Waals surface area contributed by atoms with Crippen LogP contribution in [0.4, 0.5) is 16.4 Å². The maximum atomic E-state index is 12.1. The quantitative estimate of drug-likeness (QED) is 0.360. The Morgan fingerprint density at radius 3 is 2.59 bits per heavy atom. The Labute approximate surface area is 190 Å². The average Bonchev–Trinajstić information content (AvgIpc) is 3.09. The average molecular weight is 436 g/mol. The van der Waals surface area contributed by atoms with Crippen molar-refractivity contribution in [2.75, 3.05) is 24.2 Å². The van der Waals surface area contributed by atoms with Gasteiger partial charge in [-0.1, -0.05) is 62.2 Å². The largest absolute Gasteiger partial charge is 0.491 e. The molecule has 0 aliphatic heterocycles. The van der Waals surface area contributed by atoms with Crippen molar-refractivity contribution in [2.24, 2.45) is 0 Å². The van der Waals surface area contributed by atoms with Crippen LogP contribution < -0.4 is 21.1 Å². The molecule has 0 bridgehead atoms. The van der Waals surface area contributed by atoms with Crippen LogP contribution in [0.1, 0.15) is 38.3 Å². The molecule has 0 aliphatic carbocycles. The van der Waals surface area contributed by atoms with Crippen LogP contribution in [0.25, 0.3) is 11.3 Å². The Morgan fingerprint density at radius 1 is 1.06 bits per heavy atom. The summed E-state index contributed by atoms with van der Waals surface area (Å²) in [6.45, 7) is 6.03. The second-order valence-corrected chi connectivity index (χ2v) is 7.71. The SMILES string of the molecule is CCCCCNC(=O)Nc1ccccc1OCCCn1c(N)nc(-c2ccccc2)c1C. The van der Waals surface area contributed by atoms with E-state index < -0.39 is 0 Å². The first kappa shape index (κ1) is 23.2. The minimum absolute atomic E-state index is 0.215. The van der Waals surface area contributed by atoms with Gasteiger partial charge in [0.1, 0.15) is 5.75 Å². The topological polar surface area (TPSA) is 94.2 Å². The van der Waals surface area contributed by atoms with E-state index in [9.17, 15) is 4.79 Å². The number of nitrogens with zero attached hydrogens (tertiary/aromatic N) is 2. The van der Waals surface area contributed by atoms with Gasteiger partial charge in [-0.25, -0.2) is 9.78 Å². The lowest BCUT2D eigenvalue weighted by Crippen LogP contribution is -2.29. The van der Waals surface area contributed by atoms with E-state index in [-0.39, 0.29) is 6.03 Å². The summed E-state index contributed by atoms with van der Waals surface area (Å²) in [5, 5.41) is 5.76. The molecule has 2 amide bonds. The van der Waals surface area contributed by atoms with Crippen LogP contribution >= 0.6 is 0 Å². The number of amides is 2. The molecule has 32 heavy (non-hydrogen) atoms. The molecule has 0 radical (unpaired) electrons. The van der Waals surface area contributed by atoms with Crippen molar-refractivity contribution in [3.8, 4) is 17.0 Å². The number of urea groups is 1. The van der Waals surface area contributed by atoms with Crippen molar-refractivity contribution in [1.29, 1.82) is 0 Å². The number of rotatable bonds is 11. The smallest absolute Gasteiger partial charge is 0.319 e. The number of benzene rings is 2. The molecule has 3 rings (SSSR count). The third-order valence-corrected chi connectivity index (χ3v) is 5.28. The summed E-state index contributed by atoms with van der Waals surface area (Å²) in [6.07, 6.45) is 3.96. The molecule has 0 saturated heterocycles. The number of carbonyl (C=O) groups is 1. The van der Waals surface area contributed by atoms with Gasteiger partial charge < -0.3 is 25.7 Å². The maximum absolute atomic E-state index is 12.1. The van der Waals surface area contributed by atoms with Gasteiger partial charge in [0.15, 0.2) is 0 Å². The van der Waals surface area contributed by atoms with Crippen LogP contribution in [0, 0.1) is 6.92 Å². The predicted molar refractivity (Wildman–Crippen MR) is 130 cm³/mol. The molecule has 0 spiro atoms. The number of anilines is 2. The lowest BCUT2D eigenvalue weighted by Gasteiger charge is -2.14. The van der Waals surface area contributed by atoms with E-state index in [0.29, 0.717) is 37.1 Å². The maximum Gasteiger partial charge on any atom is 0.319 e. The fraction of sp³-hybridized carbons (Fsp3) is 0.360. The Bertz CT molecular complexity index is 1000. The summed E-state index contributed by atoms with van der Waals surface area (Å²) in [4.78, 5) is 16.7. The Kier molecular flexibility index (Phi) is 8.54. The van der Waals surface area contributed by atoms with Gasteiger partial charge in [-0.3, -0.25) is 0 Å². The number of unbranched alkanes of at least 4 members (excludes halogenated alkanes) is 2. The van der Waals surface area contributed by atoms with Crippen molar-refractivity contribution in [3.05, 3.63) is 60.3 Å². The van der Waals surface area contributed by atoms with E-state index in [2.05, 4.69) is 22.5 Å². The van der Waals surface area contributed by atoms with Gasteiger partial charge in [0.05, 0.1) is 18.0 Å². The highest BCUT2D eigenvalue weighted by Gasteiger charge is 2.13. The van der Waals surface area contributed by atoms with Gasteiger partial charge in [0, 0.05) is 24.3 Å². The highest BCUT2D eigenvalue weighted by Crippen LogP contribution is 2.26. The zero-order chi connectivity index (χ0) is 22.8. The third-order valence-electron chi connectivity index (χ3n) is 5.28. The Balaban J connectivity index is 1.52. The fourth-order valence-electron chi connectivity index (χ4n) is 3.55. The molecule has 3 aromatic rings. The third kappa shape index (κ3) is 6.26. The summed E-state index contributed by atoms with van der Waals surface area (Å²) >= 11 is 0. The van der Waals surface area contributed by atoms with Crippen LogP contribution in [0.2, 0.25) is 0 Å². The van der Waals surface area contributed by atoms with Crippen LogP contribution in [0.3, 0.4) is 0 Å². The first-order valence-corrected chi connectivity index (χ1v) is 11.2. The van der Waals surface area contributed by atoms with Crippen LogP contribution in [0.15, 0.2) is 54.6 Å². The fourth-order valence-corrected chi connectivity index (χ4v) is 3.55. The lowest BCUT2D eigenvalue weighted by atomic mass is 10.1. The predicted octanol–water partition coefficient (Wildman–Crippen LogP) is 5.22. The van der Waals surface area contributed by atoms with Gasteiger partial charge in [-0.15, -0.1) is 0 Å². The number of imidazole rings is 1. The first-order valence-electron chi connectivity index (χ1n) is 11.2. The first-order chi connectivity index (χ1) is 15.6. The van der Waals surface area contributed by atoms with E-state index in [0.717, 1.165) is 42.6 Å². The molecule has 7 heteroatoms. The Morgan fingerprint density at radius 2 is 1.81 bits per heavy atom. The van der Waals surface area contributed by atoms with Crippen molar-refractivity contribution in [2.45, 2.75) is 46.1 Å². The molecule has 4 N–H and O–H groups in total. The number of ether oxygens (including phenoxy) is 1. The standard InChI is InChI=1S/C25H33N5O2/c1-3-4-10-16-27-25(31)28-21-14-8-9-15-22(21)32-18-11-17-30-19(2)23(29-24(30)26)20-12-6-5-7-13-20/h5-9,12-15H,3-4,10-11,16-18H2,1-2H3,(H2,26,29)(H2,27,28,31). The normalized spacial score (nSPS) is 10.7. The summed E-state index contributed by atoms with van der Waals surface area (Å²) in [5.74, 6) is 1.15. The van der Waals surface area contributed by atoms with E-state index in [4.69, 9.17) is 10.5 Å². The minimum Gasteiger partial charge on any atom is -0.491 e. The van der Waals surface area contributed by atoms with Crippen LogP contribution in [0.5, 0.6) is 5.75 Å². The van der Waals surface area contributed by atoms with Crippen molar-refractivity contribution < 1.29 is 9.53 Å². The van der Waals surface area contributed by atoms with Crippen molar-refractivity contribution >= 4 is 17.7 Å². The highest BCUT2D eigenvalue weighted by molar-refractivity contribution is 5.90. The van der Waals surface area contributed by atoms with Crippen molar-refractivity contribution in [1.82, 2.24) is 14.9 Å². The van der Waals surface area contributed by atoms with Gasteiger partial charge >= 0.3 is 6.03 Å². The van der Waals surface area contributed by atoms with Crippen LogP contribution in [-0.4, -0.2) is 28.7 Å². The number of nitrogen functional groups attached to an aromatic ring is 1. The van der Waals surface area contributed by atoms with Crippen LogP contribution in [-0.2, 0) is 6.54 Å². The van der Waals surface area contributed by atoms with Gasteiger partial charge in [0.2, 0.25) is 5.95 Å². The molecule has 0 fully saturated rings. The summed E-state index contributed by atoms with van der Waals surface area (Å²) < 4.78 is 7.97. The molecule has 7 nitrogen and oxygen atoms in total. The summed E-state index contributed by atoms with van der Waals surface area (Å²) in [5.41, 5.74) is 9.82. The van der Waals surface area contributed by atoms with E-state index in [1.165, 1.54) is 0 Å². The number of nitrogens with one attached hydrogen (secondary N) is 2. The number of nitrogens with two attached hydrogens (primary N) is 1. The second kappa shape index (κ2) is 11.8. The lowest BCUT2D eigenvalue weighted by molar-refractivity contribution is 0.251. The molecule has 2 aromatic carbocycles. The molecule has 0 unspecified atom stereocenters. The molecule has 0 atom stereocenters. The van der Waals surface area contributed by atoms with Gasteiger partial charge in [0.25, 0.3) is 0 Å². The molecule has 1 heterocycles. The number of hydrogen-bond acceptors (Lipinski definition) is 4. The van der Waals surface area contributed by atoms with Gasteiger partial charge in [-0.2, -0.15) is 0 Å².